The molecule has 21 heavy (non-hydrogen) atoms. The van der Waals surface area contributed by atoms with Crippen LogP contribution in [0.25, 0.3) is 22.4 Å². The number of thiazole rings is 1. The summed E-state index contributed by atoms with van der Waals surface area (Å²) in [7, 11) is 0. The van der Waals surface area contributed by atoms with Crippen LogP contribution < -0.4 is 4.57 Å². The molecule has 1 heterocycles. The highest BCUT2D eigenvalue weighted by atomic mass is 79.9. The molecule has 0 saturated carbocycles. The Morgan fingerprint density at radius 3 is 2.76 bits per heavy atom. The molecule has 1 N–H and O–H groups in total. The van der Waals surface area contributed by atoms with Gasteiger partial charge in [0.05, 0.1) is 4.47 Å². The molecule has 0 spiro atoms. The Labute approximate surface area is 136 Å². The average molecular weight is 361 g/mol. The van der Waals surface area contributed by atoms with Crippen molar-refractivity contribution in [3.05, 3.63) is 57.5 Å². The number of aromatic hydroxyl groups is 1. The highest BCUT2D eigenvalue weighted by Crippen LogP contribution is 2.26. The van der Waals surface area contributed by atoms with Crippen LogP contribution in [0, 0.1) is 0 Å². The quantitative estimate of drug-likeness (QED) is 0.663. The van der Waals surface area contributed by atoms with Gasteiger partial charge in [-0.2, -0.15) is 4.57 Å². The molecule has 0 aliphatic heterocycles. The Morgan fingerprint density at radius 1 is 1.19 bits per heavy atom. The average Bonchev–Trinajstić information content (AvgIpc) is 2.86. The van der Waals surface area contributed by atoms with E-state index in [-0.39, 0.29) is 5.75 Å². The summed E-state index contributed by atoms with van der Waals surface area (Å²) in [5, 5.41) is 10.8. The molecule has 0 bridgehead atoms. The number of nitrogens with zero attached hydrogens (tertiary/aromatic N) is 1. The third kappa shape index (κ3) is 2.87. The van der Waals surface area contributed by atoms with E-state index in [1.165, 1.54) is 15.2 Å². The van der Waals surface area contributed by atoms with Gasteiger partial charge < -0.3 is 5.11 Å². The molecule has 0 aliphatic rings. The van der Waals surface area contributed by atoms with E-state index in [1.54, 1.807) is 17.4 Å². The second-order valence-corrected chi connectivity index (χ2v) is 6.61. The van der Waals surface area contributed by atoms with Crippen molar-refractivity contribution in [3.8, 4) is 5.75 Å². The molecule has 3 rings (SSSR count). The lowest BCUT2D eigenvalue weighted by molar-refractivity contribution is -0.665. The number of aryl methyl sites for hydroxylation is 1. The number of phenolic OH excluding ortho intramolecular Hbond substituents is 1. The first kappa shape index (κ1) is 14.3. The van der Waals surface area contributed by atoms with E-state index >= 15 is 0 Å². The molecule has 0 aliphatic carbocycles. The number of aromatic nitrogens is 1. The summed E-state index contributed by atoms with van der Waals surface area (Å²) >= 11 is 5.13. The first-order chi connectivity index (χ1) is 10.2. The molecular formula is C17H15BrNOS+. The van der Waals surface area contributed by atoms with Crippen LogP contribution in [0.2, 0.25) is 0 Å². The Morgan fingerprint density at radius 2 is 2.00 bits per heavy atom. The maximum absolute atomic E-state index is 9.53. The maximum atomic E-state index is 9.53. The molecular weight excluding hydrogens is 346 g/mol. The van der Waals surface area contributed by atoms with Gasteiger partial charge in [0, 0.05) is 12.1 Å². The van der Waals surface area contributed by atoms with Gasteiger partial charge in [0.25, 0.3) is 5.01 Å². The van der Waals surface area contributed by atoms with Crippen molar-refractivity contribution in [1.82, 2.24) is 0 Å². The fourth-order valence-electron chi connectivity index (χ4n) is 2.30. The first-order valence-electron chi connectivity index (χ1n) is 6.77. The lowest BCUT2D eigenvalue weighted by Gasteiger charge is -1.97. The van der Waals surface area contributed by atoms with Gasteiger partial charge in [-0.3, -0.25) is 0 Å². The van der Waals surface area contributed by atoms with E-state index in [4.69, 9.17) is 0 Å². The van der Waals surface area contributed by atoms with Crippen molar-refractivity contribution in [1.29, 1.82) is 0 Å². The van der Waals surface area contributed by atoms with Crippen LogP contribution >= 0.6 is 27.3 Å². The first-order valence-corrected chi connectivity index (χ1v) is 8.38. The van der Waals surface area contributed by atoms with E-state index in [0.717, 1.165) is 12.1 Å². The smallest absolute Gasteiger partial charge is 0.262 e. The Bertz CT molecular complexity index is 823. The van der Waals surface area contributed by atoms with Gasteiger partial charge in [-0.25, -0.2) is 0 Å². The number of fused-ring (bicyclic) bond motifs is 1. The normalized spacial score (nSPS) is 11.5. The van der Waals surface area contributed by atoms with E-state index in [0.29, 0.717) is 4.47 Å². The molecule has 1 aromatic heterocycles. The number of hydrogen-bond acceptors (Lipinski definition) is 2. The second kappa shape index (κ2) is 6.00. The Hall–Kier alpha value is -1.65. The molecule has 2 nitrogen and oxygen atoms in total. The summed E-state index contributed by atoms with van der Waals surface area (Å²) in [5.41, 5.74) is 2.33. The molecule has 3 aromatic rings. The van der Waals surface area contributed by atoms with Gasteiger partial charge in [0.2, 0.25) is 5.52 Å². The van der Waals surface area contributed by atoms with Crippen molar-refractivity contribution in [2.75, 3.05) is 0 Å². The number of halogens is 1. The van der Waals surface area contributed by atoms with E-state index in [9.17, 15) is 5.11 Å². The van der Waals surface area contributed by atoms with Gasteiger partial charge in [-0.1, -0.05) is 29.5 Å². The monoisotopic (exact) mass is 360 g/mol. The van der Waals surface area contributed by atoms with Gasteiger partial charge in [0.1, 0.15) is 17.0 Å². The van der Waals surface area contributed by atoms with Crippen molar-refractivity contribution < 1.29 is 9.67 Å². The van der Waals surface area contributed by atoms with Gasteiger partial charge >= 0.3 is 0 Å². The van der Waals surface area contributed by atoms with Crippen LogP contribution in [0.1, 0.15) is 17.5 Å². The van der Waals surface area contributed by atoms with Crippen LogP contribution in [0.15, 0.2) is 46.9 Å². The molecule has 106 valence electrons. The minimum Gasteiger partial charge on any atom is -0.507 e. The maximum Gasteiger partial charge on any atom is 0.262 e. The topological polar surface area (TPSA) is 24.1 Å². The molecule has 0 radical (unpaired) electrons. The minimum atomic E-state index is 0.262. The minimum absolute atomic E-state index is 0.262. The Balaban J connectivity index is 2.00. The van der Waals surface area contributed by atoms with Crippen LogP contribution in [-0.2, 0) is 6.54 Å². The molecule has 4 heteroatoms. The summed E-state index contributed by atoms with van der Waals surface area (Å²) in [6.45, 7) is 3.11. The molecule has 0 amide bonds. The predicted octanol–water partition coefficient (Wildman–Crippen LogP) is 4.85. The zero-order chi connectivity index (χ0) is 14.8. The van der Waals surface area contributed by atoms with Crippen molar-refractivity contribution in [2.24, 2.45) is 0 Å². The summed E-state index contributed by atoms with van der Waals surface area (Å²) in [6, 6.07) is 14.0. The van der Waals surface area contributed by atoms with Gasteiger partial charge in [0.15, 0.2) is 0 Å². The lowest BCUT2D eigenvalue weighted by atomic mass is 10.2. The summed E-state index contributed by atoms with van der Waals surface area (Å²) in [6.07, 6.45) is 4.20. The summed E-state index contributed by atoms with van der Waals surface area (Å²) in [4.78, 5) is 0. The van der Waals surface area contributed by atoms with Gasteiger partial charge in [-0.15, -0.1) is 0 Å². The molecule has 2 aromatic carbocycles. The van der Waals surface area contributed by atoms with Gasteiger partial charge in [-0.05, 0) is 52.7 Å². The zero-order valence-corrected chi connectivity index (χ0v) is 14.0. The predicted molar refractivity (Wildman–Crippen MR) is 92.4 cm³/mol. The largest absolute Gasteiger partial charge is 0.507 e. The molecule has 0 atom stereocenters. The number of benzene rings is 2. The zero-order valence-electron chi connectivity index (χ0n) is 11.6. The van der Waals surface area contributed by atoms with E-state index < -0.39 is 0 Å². The lowest BCUT2D eigenvalue weighted by Crippen LogP contribution is -2.33. The molecule has 0 saturated heterocycles. The third-order valence-electron chi connectivity index (χ3n) is 3.34. The number of phenols is 1. The van der Waals surface area contributed by atoms with Crippen LogP contribution in [-0.4, -0.2) is 5.11 Å². The highest BCUT2D eigenvalue weighted by Gasteiger charge is 2.15. The molecule has 0 fully saturated rings. The molecule has 0 unspecified atom stereocenters. The number of para-hydroxylation sites is 1. The highest BCUT2D eigenvalue weighted by molar-refractivity contribution is 9.10. The fraction of sp³-hybridized carbons (Fsp3) is 0.118. The van der Waals surface area contributed by atoms with Crippen LogP contribution in [0.3, 0.4) is 0 Å². The van der Waals surface area contributed by atoms with Crippen molar-refractivity contribution in [2.45, 2.75) is 13.5 Å². The fourth-order valence-corrected chi connectivity index (χ4v) is 3.82. The summed E-state index contributed by atoms with van der Waals surface area (Å²) in [5.74, 6) is 0.262. The Kier molecular flexibility index (Phi) is 4.08. The SMILES string of the molecule is CC[n+]1c(C=Cc2ccc(O)c(Br)c2)sc2ccccc21. The van der Waals surface area contributed by atoms with E-state index in [2.05, 4.69) is 63.8 Å². The van der Waals surface area contributed by atoms with Crippen molar-refractivity contribution >= 4 is 49.6 Å². The number of hydrogen-bond donors (Lipinski definition) is 1. The van der Waals surface area contributed by atoms with Crippen molar-refractivity contribution in [3.63, 3.8) is 0 Å². The number of rotatable bonds is 3. The van der Waals surface area contributed by atoms with E-state index in [1.807, 2.05) is 12.1 Å². The summed E-state index contributed by atoms with van der Waals surface area (Å²) < 4.78 is 4.32. The van der Waals surface area contributed by atoms with Crippen LogP contribution in [0.5, 0.6) is 5.75 Å². The second-order valence-electron chi connectivity index (χ2n) is 4.70. The standard InChI is InChI=1S/C17H14BrNOS/c1-2-19-14-5-3-4-6-16(14)21-17(19)10-8-12-7-9-15(20)13(18)11-12/h3-11H,2H2,1H3/p+1. The third-order valence-corrected chi connectivity index (χ3v) is 5.11. The van der Waals surface area contributed by atoms with Crippen LogP contribution in [0.4, 0.5) is 0 Å².